The Hall–Kier alpha value is -1.77. The van der Waals surface area contributed by atoms with Crippen molar-refractivity contribution in [1.29, 1.82) is 0 Å². The lowest BCUT2D eigenvalue weighted by molar-refractivity contribution is 1.05. The molecule has 0 aromatic carbocycles. The van der Waals surface area contributed by atoms with Crippen molar-refractivity contribution in [1.82, 2.24) is 15.0 Å². The number of nitrogens with zero attached hydrogens (tertiary/aromatic N) is 3. The topological polar surface area (TPSA) is 38.7 Å². The summed E-state index contributed by atoms with van der Waals surface area (Å²) in [6.45, 7) is 3.93. The summed E-state index contributed by atoms with van der Waals surface area (Å²) < 4.78 is 0. The van der Waals surface area contributed by atoms with Crippen LogP contribution in [0, 0.1) is 13.8 Å². The van der Waals surface area contributed by atoms with Crippen molar-refractivity contribution >= 4 is 0 Å². The van der Waals surface area contributed by atoms with Gasteiger partial charge < -0.3 is 0 Å². The van der Waals surface area contributed by atoms with Crippen LogP contribution in [0.5, 0.6) is 0 Å². The lowest BCUT2D eigenvalue weighted by atomic mass is 10.1. The van der Waals surface area contributed by atoms with Crippen LogP contribution in [0.15, 0.2) is 30.7 Å². The lowest BCUT2D eigenvalue weighted by Crippen LogP contribution is -1.92. The maximum Gasteiger partial charge on any atom is 0.125 e. The third-order valence-electron chi connectivity index (χ3n) is 2.09. The van der Waals surface area contributed by atoms with Crippen LogP contribution in [0.2, 0.25) is 0 Å². The second-order valence-electron chi connectivity index (χ2n) is 3.18. The summed E-state index contributed by atoms with van der Waals surface area (Å²) >= 11 is 0. The molecule has 0 saturated heterocycles. The second kappa shape index (κ2) is 3.54. The Kier molecular flexibility index (Phi) is 2.23. The molecule has 0 unspecified atom stereocenters. The van der Waals surface area contributed by atoms with Gasteiger partial charge >= 0.3 is 0 Å². The summed E-state index contributed by atoms with van der Waals surface area (Å²) in [5.41, 5.74) is 3.18. The molecule has 2 aromatic rings. The smallest absolute Gasteiger partial charge is 0.125 e. The zero-order valence-corrected chi connectivity index (χ0v) is 8.23. The molecule has 3 heteroatoms. The van der Waals surface area contributed by atoms with E-state index < -0.39 is 0 Å². The van der Waals surface area contributed by atoms with E-state index in [1.807, 2.05) is 25.3 Å². The van der Waals surface area contributed by atoms with Crippen molar-refractivity contribution in [2.75, 3.05) is 0 Å². The molecule has 2 heterocycles. The Morgan fingerprint density at radius 3 is 2.64 bits per heavy atom. The maximum absolute atomic E-state index is 4.35. The number of rotatable bonds is 1. The van der Waals surface area contributed by atoms with Gasteiger partial charge in [-0.1, -0.05) is 0 Å². The summed E-state index contributed by atoms with van der Waals surface area (Å²) in [6, 6.07) is 3.88. The Morgan fingerprint density at radius 1 is 1.07 bits per heavy atom. The quantitative estimate of drug-likeness (QED) is 0.683. The molecule has 0 aliphatic heterocycles. The number of hydrogen-bond donors (Lipinski definition) is 0. The molecule has 0 aliphatic rings. The molecule has 0 saturated carbocycles. The van der Waals surface area contributed by atoms with E-state index in [1.54, 1.807) is 12.4 Å². The van der Waals surface area contributed by atoms with Crippen molar-refractivity contribution in [3.63, 3.8) is 0 Å². The molecular formula is C11H11N3. The van der Waals surface area contributed by atoms with Gasteiger partial charge in [-0.2, -0.15) is 0 Å². The Morgan fingerprint density at radius 2 is 1.93 bits per heavy atom. The zero-order chi connectivity index (χ0) is 9.97. The standard InChI is InChI=1S/C11H11N3/c1-8-3-5-12-7-10(8)11-4-6-13-9(2)14-11/h3-7H,1-2H3. The Bertz CT molecular complexity index is 452. The van der Waals surface area contributed by atoms with Crippen LogP contribution >= 0.6 is 0 Å². The number of aromatic nitrogens is 3. The van der Waals surface area contributed by atoms with Gasteiger partial charge in [-0.25, -0.2) is 9.97 Å². The fourth-order valence-electron chi connectivity index (χ4n) is 1.34. The van der Waals surface area contributed by atoms with Crippen LogP contribution in [-0.2, 0) is 0 Å². The first-order valence-corrected chi connectivity index (χ1v) is 4.48. The van der Waals surface area contributed by atoms with E-state index in [4.69, 9.17) is 0 Å². The van der Waals surface area contributed by atoms with Crippen molar-refractivity contribution < 1.29 is 0 Å². The van der Waals surface area contributed by atoms with E-state index in [0.717, 1.165) is 17.1 Å². The summed E-state index contributed by atoms with van der Waals surface area (Å²) in [5.74, 6) is 0.783. The molecule has 0 fully saturated rings. The number of pyridine rings is 1. The van der Waals surface area contributed by atoms with Gasteiger partial charge in [0, 0.05) is 24.2 Å². The summed E-state index contributed by atoms with van der Waals surface area (Å²) in [6.07, 6.45) is 5.38. The molecule has 14 heavy (non-hydrogen) atoms. The van der Waals surface area contributed by atoms with Gasteiger partial charge in [0.05, 0.1) is 5.69 Å². The van der Waals surface area contributed by atoms with Gasteiger partial charge in [-0.15, -0.1) is 0 Å². The van der Waals surface area contributed by atoms with Crippen molar-refractivity contribution in [2.24, 2.45) is 0 Å². The van der Waals surface area contributed by atoms with Gasteiger partial charge in [0.25, 0.3) is 0 Å². The van der Waals surface area contributed by atoms with Crippen LogP contribution in [0.25, 0.3) is 11.3 Å². The summed E-state index contributed by atoms with van der Waals surface area (Å²) in [5, 5.41) is 0. The number of hydrogen-bond acceptors (Lipinski definition) is 3. The molecule has 0 amide bonds. The van der Waals surface area contributed by atoms with E-state index in [1.165, 1.54) is 5.56 Å². The highest BCUT2D eigenvalue weighted by atomic mass is 14.9. The predicted octanol–water partition coefficient (Wildman–Crippen LogP) is 2.16. The normalized spacial score (nSPS) is 10.1. The van der Waals surface area contributed by atoms with E-state index >= 15 is 0 Å². The first-order valence-electron chi connectivity index (χ1n) is 4.48. The minimum Gasteiger partial charge on any atom is -0.264 e. The second-order valence-corrected chi connectivity index (χ2v) is 3.18. The fraction of sp³-hybridized carbons (Fsp3) is 0.182. The van der Waals surface area contributed by atoms with Crippen LogP contribution < -0.4 is 0 Å². The molecule has 3 nitrogen and oxygen atoms in total. The Labute approximate surface area is 82.9 Å². The molecule has 0 spiro atoms. The third-order valence-corrected chi connectivity index (χ3v) is 2.09. The highest BCUT2D eigenvalue weighted by molar-refractivity contribution is 5.61. The molecular weight excluding hydrogens is 174 g/mol. The molecule has 0 bridgehead atoms. The van der Waals surface area contributed by atoms with Crippen LogP contribution in [0.3, 0.4) is 0 Å². The van der Waals surface area contributed by atoms with E-state index in [-0.39, 0.29) is 0 Å². The van der Waals surface area contributed by atoms with Gasteiger partial charge in [-0.3, -0.25) is 4.98 Å². The van der Waals surface area contributed by atoms with E-state index in [0.29, 0.717) is 0 Å². The molecule has 0 N–H and O–H groups in total. The first-order chi connectivity index (χ1) is 6.77. The van der Waals surface area contributed by atoms with Crippen LogP contribution in [0.1, 0.15) is 11.4 Å². The average molecular weight is 185 g/mol. The van der Waals surface area contributed by atoms with E-state index in [2.05, 4.69) is 21.9 Å². The summed E-state index contributed by atoms with van der Waals surface area (Å²) in [7, 11) is 0. The first kappa shape index (κ1) is 8.81. The molecule has 0 atom stereocenters. The van der Waals surface area contributed by atoms with Crippen molar-refractivity contribution in [2.45, 2.75) is 13.8 Å². The van der Waals surface area contributed by atoms with Crippen LogP contribution in [0.4, 0.5) is 0 Å². The summed E-state index contributed by atoms with van der Waals surface area (Å²) in [4.78, 5) is 12.5. The average Bonchev–Trinajstić information content (AvgIpc) is 2.18. The van der Waals surface area contributed by atoms with Gasteiger partial charge in [-0.05, 0) is 31.5 Å². The molecule has 70 valence electrons. The minimum atomic E-state index is 0.783. The van der Waals surface area contributed by atoms with Gasteiger partial charge in [0.1, 0.15) is 5.82 Å². The predicted molar refractivity (Wildman–Crippen MR) is 54.7 cm³/mol. The van der Waals surface area contributed by atoms with Crippen molar-refractivity contribution in [3.8, 4) is 11.3 Å². The molecule has 0 aliphatic carbocycles. The molecule has 2 aromatic heterocycles. The minimum absolute atomic E-state index is 0.783. The largest absolute Gasteiger partial charge is 0.264 e. The van der Waals surface area contributed by atoms with Gasteiger partial charge in [0.15, 0.2) is 0 Å². The zero-order valence-electron chi connectivity index (χ0n) is 8.23. The monoisotopic (exact) mass is 185 g/mol. The van der Waals surface area contributed by atoms with E-state index in [9.17, 15) is 0 Å². The lowest BCUT2D eigenvalue weighted by Gasteiger charge is -2.03. The third kappa shape index (κ3) is 1.62. The highest BCUT2D eigenvalue weighted by Crippen LogP contribution is 2.18. The maximum atomic E-state index is 4.35. The Balaban J connectivity index is 2.55. The SMILES string of the molecule is Cc1nccc(-c2cnccc2C)n1. The number of aryl methyl sites for hydroxylation is 2. The van der Waals surface area contributed by atoms with Crippen molar-refractivity contribution in [3.05, 3.63) is 42.1 Å². The molecule has 2 rings (SSSR count). The van der Waals surface area contributed by atoms with Gasteiger partial charge in [0.2, 0.25) is 0 Å². The highest BCUT2D eigenvalue weighted by Gasteiger charge is 2.02. The van der Waals surface area contributed by atoms with Crippen LogP contribution in [-0.4, -0.2) is 15.0 Å². The fourth-order valence-corrected chi connectivity index (χ4v) is 1.34. The molecule has 0 radical (unpaired) electrons.